The first kappa shape index (κ1) is 19.7. The molecular formula is C23H20N4O2S. The quantitative estimate of drug-likeness (QED) is 0.373. The molecule has 0 aliphatic rings. The second kappa shape index (κ2) is 8.42. The molecule has 0 aliphatic carbocycles. The summed E-state index contributed by atoms with van der Waals surface area (Å²) in [6, 6.07) is 15.2. The van der Waals surface area contributed by atoms with Crippen molar-refractivity contribution in [2.75, 3.05) is 5.32 Å². The normalized spacial score (nSPS) is 11.3. The van der Waals surface area contributed by atoms with E-state index in [1.807, 2.05) is 49.4 Å². The summed E-state index contributed by atoms with van der Waals surface area (Å²) in [4.78, 5) is 28.9. The SMILES string of the molecule is Cc1cccc2nc(NC(=O)C=Cc3ccc(CC(=O)c4ccn(C)n4)cc3)sc12. The first-order valence-electron chi connectivity index (χ1n) is 9.45. The van der Waals surface area contributed by atoms with Gasteiger partial charge in [0.15, 0.2) is 10.9 Å². The fourth-order valence-corrected chi connectivity index (χ4v) is 3.98. The zero-order chi connectivity index (χ0) is 21.1. The Balaban J connectivity index is 1.36. The average Bonchev–Trinajstić information content (AvgIpc) is 3.34. The molecule has 0 spiro atoms. The monoisotopic (exact) mass is 416 g/mol. The Morgan fingerprint density at radius 1 is 1.13 bits per heavy atom. The summed E-state index contributed by atoms with van der Waals surface area (Å²) in [5.41, 5.74) is 4.26. The lowest BCUT2D eigenvalue weighted by molar-refractivity contribution is -0.111. The molecule has 1 N–H and O–H groups in total. The van der Waals surface area contributed by atoms with Gasteiger partial charge in [0.1, 0.15) is 5.69 Å². The Kier molecular flexibility index (Phi) is 5.54. The first-order valence-corrected chi connectivity index (χ1v) is 10.3. The topological polar surface area (TPSA) is 76.9 Å². The van der Waals surface area contributed by atoms with Crippen LogP contribution in [0.15, 0.2) is 60.8 Å². The Bertz CT molecular complexity index is 1250. The van der Waals surface area contributed by atoms with Gasteiger partial charge < -0.3 is 0 Å². The summed E-state index contributed by atoms with van der Waals surface area (Å²) in [5, 5.41) is 7.53. The zero-order valence-corrected chi connectivity index (χ0v) is 17.4. The fraction of sp³-hybridized carbons (Fsp3) is 0.130. The molecule has 7 heteroatoms. The van der Waals surface area contributed by atoms with Gasteiger partial charge in [0.25, 0.3) is 0 Å². The molecule has 150 valence electrons. The van der Waals surface area contributed by atoms with Crippen molar-refractivity contribution >= 4 is 44.5 Å². The van der Waals surface area contributed by atoms with E-state index in [1.54, 1.807) is 30.1 Å². The molecule has 0 fully saturated rings. The minimum Gasteiger partial charge on any atom is -0.298 e. The highest BCUT2D eigenvalue weighted by Gasteiger charge is 2.10. The van der Waals surface area contributed by atoms with Crippen molar-refractivity contribution in [1.82, 2.24) is 14.8 Å². The lowest BCUT2D eigenvalue weighted by Crippen LogP contribution is -2.07. The molecule has 0 saturated carbocycles. The number of Topliss-reactive ketones (excluding diaryl/α,β-unsaturated/α-hetero) is 1. The molecule has 2 aromatic heterocycles. The number of ketones is 1. The third-order valence-corrected chi connectivity index (χ3v) is 5.73. The van der Waals surface area contributed by atoms with Gasteiger partial charge in [-0.1, -0.05) is 47.7 Å². The van der Waals surface area contributed by atoms with E-state index in [-0.39, 0.29) is 11.7 Å². The van der Waals surface area contributed by atoms with Gasteiger partial charge in [0, 0.05) is 25.7 Å². The second-order valence-electron chi connectivity index (χ2n) is 6.98. The minimum absolute atomic E-state index is 0.0238. The molecule has 2 heterocycles. The largest absolute Gasteiger partial charge is 0.298 e. The Hall–Kier alpha value is -3.58. The van der Waals surface area contributed by atoms with Gasteiger partial charge in [-0.2, -0.15) is 5.10 Å². The number of thiazole rings is 1. The summed E-state index contributed by atoms with van der Waals surface area (Å²) in [5.74, 6) is -0.259. The van der Waals surface area contributed by atoms with Gasteiger partial charge in [0.05, 0.1) is 10.2 Å². The molecule has 0 aliphatic heterocycles. The van der Waals surface area contributed by atoms with E-state index in [1.165, 1.54) is 17.4 Å². The highest BCUT2D eigenvalue weighted by molar-refractivity contribution is 7.22. The van der Waals surface area contributed by atoms with Crippen molar-refractivity contribution in [3.8, 4) is 0 Å². The molecule has 4 rings (SSSR count). The number of nitrogens with zero attached hydrogens (tertiary/aromatic N) is 3. The summed E-state index contributed by atoms with van der Waals surface area (Å²) in [6.07, 6.45) is 5.26. The van der Waals surface area contributed by atoms with Crippen LogP contribution in [-0.2, 0) is 18.3 Å². The number of benzene rings is 2. The van der Waals surface area contributed by atoms with Crippen LogP contribution in [0.4, 0.5) is 5.13 Å². The van der Waals surface area contributed by atoms with E-state index in [2.05, 4.69) is 15.4 Å². The summed E-state index contributed by atoms with van der Waals surface area (Å²) < 4.78 is 2.69. The lowest BCUT2D eigenvalue weighted by atomic mass is 10.0. The van der Waals surface area contributed by atoms with Crippen LogP contribution < -0.4 is 5.32 Å². The lowest BCUT2D eigenvalue weighted by Gasteiger charge is -2.00. The maximum absolute atomic E-state index is 12.2. The number of carbonyl (C=O) groups excluding carboxylic acids is 2. The van der Waals surface area contributed by atoms with Crippen molar-refractivity contribution in [3.05, 3.63) is 83.2 Å². The van der Waals surface area contributed by atoms with Crippen molar-refractivity contribution in [1.29, 1.82) is 0 Å². The van der Waals surface area contributed by atoms with E-state index in [4.69, 9.17) is 0 Å². The van der Waals surface area contributed by atoms with Gasteiger partial charge in [0.2, 0.25) is 5.91 Å². The van der Waals surface area contributed by atoms with Crippen LogP contribution in [0.5, 0.6) is 0 Å². The van der Waals surface area contributed by atoms with Crippen molar-refractivity contribution < 1.29 is 9.59 Å². The predicted molar refractivity (Wildman–Crippen MR) is 120 cm³/mol. The number of rotatable bonds is 6. The molecule has 0 saturated heterocycles. The number of fused-ring (bicyclic) bond motifs is 1. The molecular weight excluding hydrogens is 396 g/mol. The number of nitrogens with one attached hydrogen (secondary N) is 1. The third kappa shape index (κ3) is 4.52. The van der Waals surface area contributed by atoms with Crippen molar-refractivity contribution in [2.45, 2.75) is 13.3 Å². The minimum atomic E-state index is -0.235. The van der Waals surface area contributed by atoms with Crippen LogP contribution in [0, 0.1) is 6.92 Å². The predicted octanol–water partition coefficient (Wildman–Crippen LogP) is 4.42. The molecule has 2 aromatic carbocycles. The molecule has 0 bridgehead atoms. The highest BCUT2D eigenvalue weighted by Crippen LogP contribution is 2.28. The number of carbonyl (C=O) groups is 2. The van der Waals surface area contributed by atoms with Crippen molar-refractivity contribution in [3.63, 3.8) is 0 Å². The maximum Gasteiger partial charge on any atom is 0.250 e. The first-order chi connectivity index (χ1) is 14.5. The van der Waals surface area contributed by atoms with Crippen LogP contribution in [0.2, 0.25) is 0 Å². The summed E-state index contributed by atoms with van der Waals surface area (Å²) in [7, 11) is 1.78. The molecule has 0 atom stereocenters. The van der Waals surface area contributed by atoms with Gasteiger partial charge in [-0.15, -0.1) is 0 Å². The van der Waals surface area contributed by atoms with Crippen LogP contribution >= 0.6 is 11.3 Å². The van der Waals surface area contributed by atoms with Crippen molar-refractivity contribution in [2.24, 2.45) is 7.05 Å². The molecule has 0 unspecified atom stereocenters. The zero-order valence-electron chi connectivity index (χ0n) is 16.6. The van der Waals surface area contributed by atoms with E-state index >= 15 is 0 Å². The fourth-order valence-electron chi connectivity index (χ4n) is 3.05. The van der Waals surface area contributed by atoms with Crippen LogP contribution in [-0.4, -0.2) is 26.5 Å². The summed E-state index contributed by atoms with van der Waals surface area (Å²) >= 11 is 1.47. The molecule has 0 radical (unpaired) electrons. The molecule has 1 amide bonds. The van der Waals surface area contributed by atoms with E-state index in [0.717, 1.165) is 26.9 Å². The molecule has 30 heavy (non-hydrogen) atoms. The number of amides is 1. The standard InChI is InChI=1S/C23H20N4O2S/c1-15-4-3-5-19-22(15)30-23(24-19)25-21(29)11-10-16-6-8-17(9-7-16)14-20(28)18-12-13-27(2)26-18/h3-13H,14H2,1-2H3,(H,24,25,29). The van der Waals surface area contributed by atoms with E-state index in [0.29, 0.717) is 17.2 Å². The average molecular weight is 417 g/mol. The van der Waals surface area contributed by atoms with Crippen LogP contribution in [0.3, 0.4) is 0 Å². The number of hydrogen-bond donors (Lipinski definition) is 1. The smallest absolute Gasteiger partial charge is 0.250 e. The van der Waals surface area contributed by atoms with Crippen LogP contribution in [0.1, 0.15) is 27.2 Å². The Morgan fingerprint density at radius 2 is 1.93 bits per heavy atom. The Morgan fingerprint density at radius 3 is 2.63 bits per heavy atom. The van der Waals surface area contributed by atoms with Gasteiger partial charge in [-0.05, 0) is 41.8 Å². The number of anilines is 1. The number of aromatic nitrogens is 3. The van der Waals surface area contributed by atoms with Gasteiger partial charge in [-0.3, -0.25) is 19.6 Å². The van der Waals surface area contributed by atoms with Gasteiger partial charge in [-0.25, -0.2) is 4.98 Å². The number of aryl methyl sites for hydroxylation is 2. The number of hydrogen-bond acceptors (Lipinski definition) is 5. The van der Waals surface area contributed by atoms with Crippen LogP contribution in [0.25, 0.3) is 16.3 Å². The van der Waals surface area contributed by atoms with E-state index in [9.17, 15) is 9.59 Å². The summed E-state index contributed by atoms with van der Waals surface area (Å²) in [6.45, 7) is 2.03. The van der Waals surface area contributed by atoms with E-state index < -0.39 is 0 Å². The molecule has 6 nitrogen and oxygen atoms in total. The third-order valence-electron chi connectivity index (χ3n) is 4.61. The van der Waals surface area contributed by atoms with Gasteiger partial charge >= 0.3 is 0 Å². The maximum atomic E-state index is 12.2. The highest BCUT2D eigenvalue weighted by atomic mass is 32.1. The molecule has 4 aromatic rings. The Labute approximate surface area is 177 Å². The second-order valence-corrected chi connectivity index (χ2v) is 7.98.